The molecular weight excluding hydrogens is 334 g/mol. The van der Waals surface area contributed by atoms with E-state index in [9.17, 15) is 4.79 Å². The predicted octanol–water partition coefficient (Wildman–Crippen LogP) is 4.08. The van der Waals surface area contributed by atoms with Gasteiger partial charge in [0, 0.05) is 26.3 Å². The molecule has 0 aliphatic carbocycles. The maximum absolute atomic E-state index is 12.3. The van der Waals surface area contributed by atoms with Crippen LogP contribution in [0.25, 0.3) is 0 Å². The van der Waals surface area contributed by atoms with E-state index in [1.165, 1.54) is 11.1 Å². The Morgan fingerprint density at radius 2 is 1.59 bits per heavy atom. The largest absolute Gasteiger partial charge is 0.355 e. The number of hydrogen-bond donors (Lipinski definition) is 1. The molecule has 4 nitrogen and oxygen atoms in total. The molecule has 0 atom stereocenters. The minimum Gasteiger partial charge on any atom is -0.355 e. The molecule has 0 aliphatic rings. The van der Waals surface area contributed by atoms with Crippen LogP contribution in [0.1, 0.15) is 27.9 Å². The number of benzene rings is 2. The molecule has 0 spiro atoms. The van der Waals surface area contributed by atoms with E-state index >= 15 is 0 Å². The molecule has 4 heteroatoms. The van der Waals surface area contributed by atoms with Gasteiger partial charge in [-0.1, -0.05) is 60.7 Å². The molecule has 1 amide bonds. The van der Waals surface area contributed by atoms with Crippen molar-refractivity contribution in [2.45, 2.75) is 19.4 Å². The molecule has 1 heterocycles. The highest BCUT2D eigenvalue weighted by molar-refractivity contribution is 5.94. The minimum absolute atomic E-state index is 0.0761. The summed E-state index contributed by atoms with van der Waals surface area (Å²) >= 11 is 0. The van der Waals surface area contributed by atoms with E-state index in [-0.39, 0.29) is 5.91 Å². The average molecular weight is 359 g/mol. The third-order valence-corrected chi connectivity index (χ3v) is 4.43. The highest BCUT2D eigenvalue weighted by Gasteiger charge is 2.08. The Balaban J connectivity index is 1.46. The van der Waals surface area contributed by atoms with Crippen molar-refractivity contribution in [3.8, 4) is 0 Å². The molecular formula is C23H25N3O. The Morgan fingerprint density at radius 3 is 2.22 bits per heavy atom. The Bertz CT molecular complexity index is 833. The standard InChI is InChI=1S/C23H25N3O/c1-26(18-20-11-6-3-7-12-20)22-15-14-21(17-25-22)23(27)24-16-8-13-19-9-4-2-5-10-19/h2-7,9-12,14-15,17H,8,13,16,18H2,1H3,(H,24,27). The predicted molar refractivity (Wildman–Crippen MR) is 110 cm³/mol. The minimum atomic E-state index is -0.0761. The third kappa shape index (κ3) is 5.68. The first-order valence-electron chi connectivity index (χ1n) is 9.25. The number of pyridine rings is 1. The van der Waals surface area contributed by atoms with Gasteiger partial charge in [-0.05, 0) is 36.1 Å². The second-order valence-electron chi connectivity index (χ2n) is 6.59. The topological polar surface area (TPSA) is 45.2 Å². The van der Waals surface area contributed by atoms with Crippen molar-refractivity contribution in [1.82, 2.24) is 10.3 Å². The highest BCUT2D eigenvalue weighted by Crippen LogP contribution is 2.13. The van der Waals surface area contributed by atoms with Crippen molar-refractivity contribution in [2.75, 3.05) is 18.5 Å². The summed E-state index contributed by atoms with van der Waals surface area (Å²) in [6.45, 7) is 1.43. The van der Waals surface area contributed by atoms with E-state index in [2.05, 4.69) is 39.5 Å². The normalized spacial score (nSPS) is 10.4. The summed E-state index contributed by atoms with van der Waals surface area (Å²) < 4.78 is 0. The van der Waals surface area contributed by atoms with Crippen molar-refractivity contribution < 1.29 is 4.79 Å². The average Bonchev–Trinajstić information content (AvgIpc) is 2.72. The fourth-order valence-electron chi connectivity index (χ4n) is 2.93. The number of anilines is 1. The van der Waals surface area contributed by atoms with E-state index in [1.54, 1.807) is 6.20 Å². The molecule has 0 bridgehead atoms. The fourth-order valence-corrected chi connectivity index (χ4v) is 2.93. The zero-order valence-electron chi connectivity index (χ0n) is 15.6. The van der Waals surface area contributed by atoms with E-state index in [4.69, 9.17) is 0 Å². The van der Waals surface area contributed by atoms with Crippen LogP contribution in [0.4, 0.5) is 5.82 Å². The Hall–Kier alpha value is -3.14. The van der Waals surface area contributed by atoms with Crippen molar-refractivity contribution in [3.05, 3.63) is 95.7 Å². The zero-order valence-corrected chi connectivity index (χ0v) is 15.6. The van der Waals surface area contributed by atoms with E-state index in [0.717, 1.165) is 25.2 Å². The third-order valence-electron chi connectivity index (χ3n) is 4.43. The number of nitrogens with zero attached hydrogens (tertiary/aromatic N) is 2. The molecule has 1 N–H and O–H groups in total. The van der Waals surface area contributed by atoms with Gasteiger partial charge in [-0.25, -0.2) is 4.98 Å². The van der Waals surface area contributed by atoms with Crippen LogP contribution in [0.15, 0.2) is 79.0 Å². The number of nitrogens with one attached hydrogen (secondary N) is 1. The van der Waals surface area contributed by atoms with Gasteiger partial charge in [0.25, 0.3) is 5.91 Å². The quantitative estimate of drug-likeness (QED) is 0.617. The number of rotatable bonds is 8. The van der Waals surface area contributed by atoms with Crippen molar-refractivity contribution in [1.29, 1.82) is 0 Å². The van der Waals surface area contributed by atoms with Gasteiger partial charge >= 0.3 is 0 Å². The van der Waals surface area contributed by atoms with Crippen LogP contribution in [0, 0.1) is 0 Å². The van der Waals surface area contributed by atoms with Gasteiger partial charge in [0.15, 0.2) is 0 Å². The molecule has 27 heavy (non-hydrogen) atoms. The summed E-state index contributed by atoms with van der Waals surface area (Å²) in [7, 11) is 2.00. The van der Waals surface area contributed by atoms with Crippen LogP contribution in [-0.4, -0.2) is 24.5 Å². The van der Waals surface area contributed by atoms with Crippen LogP contribution < -0.4 is 10.2 Å². The van der Waals surface area contributed by atoms with Crippen molar-refractivity contribution in [3.63, 3.8) is 0 Å². The smallest absolute Gasteiger partial charge is 0.252 e. The second-order valence-corrected chi connectivity index (χ2v) is 6.59. The molecule has 2 aromatic carbocycles. The van der Waals surface area contributed by atoms with E-state index in [1.807, 2.05) is 55.6 Å². The summed E-state index contributed by atoms with van der Waals surface area (Å²) in [5, 5.41) is 2.97. The molecule has 0 radical (unpaired) electrons. The first kappa shape index (κ1) is 18.6. The molecule has 1 aromatic heterocycles. The van der Waals surface area contributed by atoms with E-state index < -0.39 is 0 Å². The number of hydrogen-bond acceptors (Lipinski definition) is 3. The lowest BCUT2D eigenvalue weighted by molar-refractivity contribution is 0.0953. The summed E-state index contributed by atoms with van der Waals surface area (Å²) in [6.07, 6.45) is 3.52. The maximum atomic E-state index is 12.3. The molecule has 0 fully saturated rings. The van der Waals surface area contributed by atoms with Gasteiger partial charge in [0.1, 0.15) is 5.82 Å². The summed E-state index contributed by atoms with van der Waals surface area (Å²) in [5.74, 6) is 0.771. The van der Waals surface area contributed by atoms with Crippen LogP contribution >= 0.6 is 0 Å². The van der Waals surface area contributed by atoms with Crippen LogP contribution in [0.3, 0.4) is 0 Å². The molecule has 0 saturated carbocycles. The monoisotopic (exact) mass is 359 g/mol. The van der Waals surface area contributed by atoms with Gasteiger partial charge in [0.2, 0.25) is 0 Å². The zero-order chi connectivity index (χ0) is 18.9. The Kier molecular flexibility index (Phi) is 6.58. The summed E-state index contributed by atoms with van der Waals surface area (Å²) in [6, 6.07) is 24.3. The van der Waals surface area contributed by atoms with Gasteiger partial charge in [0.05, 0.1) is 5.56 Å². The van der Waals surface area contributed by atoms with Gasteiger partial charge in [-0.3, -0.25) is 4.79 Å². The molecule has 0 aliphatic heterocycles. The summed E-state index contributed by atoms with van der Waals surface area (Å²) in [4.78, 5) is 18.8. The summed E-state index contributed by atoms with van der Waals surface area (Å²) in [5.41, 5.74) is 3.10. The SMILES string of the molecule is CN(Cc1ccccc1)c1ccc(C(=O)NCCCc2ccccc2)cn1. The molecule has 138 valence electrons. The van der Waals surface area contributed by atoms with Crippen molar-refractivity contribution >= 4 is 11.7 Å². The fraction of sp³-hybridized carbons (Fsp3) is 0.217. The Labute approximate surface area is 160 Å². The number of carbonyl (C=O) groups is 1. The van der Waals surface area contributed by atoms with Crippen LogP contribution in [0.2, 0.25) is 0 Å². The van der Waals surface area contributed by atoms with E-state index in [0.29, 0.717) is 12.1 Å². The van der Waals surface area contributed by atoms with Gasteiger partial charge < -0.3 is 10.2 Å². The van der Waals surface area contributed by atoms with Crippen molar-refractivity contribution in [2.24, 2.45) is 0 Å². The lowest BCUT2D eigenvalue weighted by Crippen LogP contribution is -2.25. The van der Waals surface area contributed by atoms with Gasteiger partial charge in [-0.15, -0.1) is 0 Å². The van der Waals surface area contributed by atoms with Crippen LogP contribution in [0.5, 0.6) is 0 Å². The lowest BCUT2D eigenvalue weighted by Gasteiger charge is -2.18. The first-order chi connectivity index (χ1) is 13.2. The Morgan fingerprint density at radius 1 is 0.926 bits per heavy atom. The number of aromatic nitrogens is 1. The molecule has 3 rings (SSSR count). The second kappa shape index (κ2) is 9.53. The number of carbonyl (C=O) groups excluding carboxylic acids is 1. The molecule has 0 unspecified atom stereocenters. The lowest BCUT2D eigenvalue weighted by atomic mass is 10.1. The number of aryl methyl sites for hydroxylation is 1. The molecule has 3 aromatic rings. The maximum Gasteiger partial charge on any atom is 0.252 e. The highest BCUT2D eigenvalue weighted by atomic mass is 16.1. The van der Waals surface area contributed by atoms with Gasteiger partial charge in [-0.2, -0.15) is 0 Å². The number of amides is 1. The first-order valence-corrected chi connectivity index (χ1v) is 9.25. The molecule has 0 saturated heterocycles. The van der Waals surface area contributed by atoms with Crippen LogP contribution in [-0.2, 0) is 13.0 Å².